The van der Waals surface area contributed by atoms with Crippen LogP contribution in [0, 0.1) is 0 Å². The maximum absolute atomic E-state index is 5.69. The van der Waals surface area contributed by atoms with E-state index in [9.17, 15) is 0 Å². The van der Waals surface area contributed by atoms with Gasteiger partial charge in [-0.25, -0.2) is 0 Å². The van der Waals surface area contributed by atoms with Gasteiger partial charge in [0.25, 0.3) is 0 Å². The van der Waals surface area contributed by atoms with Gasteiger partial charge in [0.05, 0.1) is 19.8 Å². The van der Waals surface area contributed by atoms with Crippen LogP contribution >= 0.6 is 0 Å². The van der Waals surface area contributed by atoms with Gasteiger partial charge >= 0.3 is 0 Å². The van der Waals surface area contributed by atoms with Crippen LogP contribution in [-0.2, 0) is 9.47 Å². The summed E-state index contributed by atoms with van der Waals surface area (Å²) < 4.78 is 16.1. The lowest BCUT2D eigenvalue weighted by molar-refractivity contribution is 0.120. The summed E-state index contributed by atoms with van der Waals surface area (Å²) in [4.78, 5) is 2.20. The Bertz CT molecular complexity index is 313. The summed E-state index contributed by atoms with van der Waals surface area (Å²) in [6, 6.07) is 4.02. The van der Waals surface area contributed by atoms with Crippen LogP contribution in [-0.4, -0.2) is 32.9 Å². The predicted molar refractivity (Wildman–Crippen MR) is 50.4 cm³/mol. The highest BCUT2D eigenvalue weighted by molar-refractivity contribution is 5.37. The van der Waals surface area contributed by atoms with Crippen molar-refractivity contribution in [1.29, 1.82) is 0 Å². The van der Waals surface area contributed by atoms with Crippen LogP contribution in [0.4, 0.5) is 5.88 Å². The minimum atomic E-state index is 0.213. The van der Waals surface area contributed by atoms with E-state index in [1.54, 1.807) is 0 Å². The van der Waals surface area contributed by atoms with Crippen molar-refractivity contribution >= 4 is 5.88 Å². The zero-order chi connectivity index (χ0) is 9.38. The van der Waals surface area contributed by atoms with Crippen molar-refractivity contribution < 1.29 is 13.9 Å². The highest BCUT2D eigenvalue weighted by Crippen LogP contribution is 2.33. The van der Waals surface area contributed by atoms with Gasteiger partial charge in [-0.2, -0.15) is 0 Å². The summed E-state index contributed by atoms with van der Waals surface area (Å²) in [7, 11) is 0. The molecule has 0 bridgehead atoms. The first-order chi connectivity index (χ1) is 6.93. The largest absolute Gasteiger partial charge is 0.443 e. The van der Waals surface area contributed by atoms with Gasteiger partial charge in [-0.3, -0.25) is 0 Å². The van der Waals surface area contributed by atoms with Crippen molar-refractivity contribution in [2.24, 2.45) is 0 Å². The molecule has 1 atom stereocenters. The van der Waals surface area contributed by atoms with Gasteiger partial charge < -0.3 is 18.8 Å². The second-order valence-corrected chi connectivity index (χ2v) is 3.60. The van der Waals surface area contributed by atoms with Crippen molar-refractivity contribution in [3.05, 3.63) is 17.9 Å². The van der Waals surface area contributed by atoms with Crippen molar-refractivity contribution in [2.45, 2.75) is 6.10 Å². The summed E-state index contributed by atoms with van der Waals surface area (Å²) in [5.41, 5.74) is 0. The van der Waals surface area contributed by atoms with Crippen molar-refractivity contribution in [2.75, 3.05) is 37.8 Å². The summed E-state index contributed by atoms with van der Waals surface area (Å²) in [5.74, 6) is 1.89. The highest BCUT2D eigenvalue weighted by Gasteiger charge is 2.29. The van der Waals surface area contributed by atoms with E-state index in [0.717, 1.165) is 44.6 Å². The predicted octanol–water partition coefficient (Wildman–Crippen LogP) is 1.19. The van der Waals surface area contributed by atoms with Gasteiger partial charge in [-0.1, -0.05) is 0 Å². The van der Waals surface area contributed by atoms with Crippen LogP contribution in [0.3, 0.4) is 0 Å². The van der Waals surface area contributed by atoms with Gasteiger partial charge in [0.15, 0.2) is 5.88 Å². The molecule has 0 N–H and O–H groups in total. The topological polar surface area (TPSA) is 38.1 Å². The van der Waals surface area contributed by atoms with Crippen molar-refractivity contribution in [1.82, 2.24) is 0 Å². The lowest BCUT2D eigenvalue weighted by Crippen LogP contribution is -2.35. The summed E-state index contributed by atoms with van der Waals surface area (Å²) in [6.45, 7) is 4.21. The Morgan fingerprint density at radius 2 is 2.00 bits per heavy atom. The molecule has 0 aromatic carbocycles. The first-order valence-electron chi connectivity index (χ1n) is 4.97. The van der Waals surface area contributed by atoms with Gasteiger partial charge in [0, 0.05) is 19.2 Å². The fourth-order valence-corrected chi connectivity index (χ4v) is 1.68. The van der Waals surface area contributed by atoms with Crippen molar-refractivity contribution in [3.63, 3.8) is 0 Å². The number of morpholine rings is 1. The van der Waals surface area contributed by atoms with Gasteiger partial charge in [0.2, 0.25) is 0 Å². The molecule has 1 aromatic rings. The molecule has 1 unspecified atom stereocenters. The average molecular weight is 195 g/mol. The monoisotopic (exact) mass is 195 g/mol. The van der Waals surface area contributed by atoms with E-state index in [-0.39, 0.29) is 6.10 Å². The van der Waals surface area contributed by atoms with Crippen LogP contribution in [0.15, 0.2) is 16.5 Å². The summed E-state index contributed by atoms with van der Waals surface area (Å²) >= 11 is 0. The molecule has 4 heteroatoms. The quantitative estimate of drug-likeness (QED) is 0.664. The maximum atomic E-state index is 5.69. The molecule has 0 amide bonds. The molecule has 2 aliphatic heterocycles. The highest BCUT2D eigenvalue weighted by atomic mass is 16.6. The third-order valence-electron chi connectivity index (χ3n) is 2.59. The molecule has 0 radical (unpaired) electrons. The van der Waals surface area contributed by atoms with Gasteiger partial charge in [-0.15, -0.1) is 0 Å². The third kappa shape index (κ3) is 1.51. The number of hydrogen-bond donors (Lipinski definition) is 0. The molecule has 4 nitrogen and oxygen atoms in total. The third-order valence-corrected chi connectivity index (χ3v) is 2.59. The lowest BCUT2D eigenvalue weighted by atomic mass is 10.3. The Morgan fingerprint density at radius 3 is 2.71 bits per heavy atom. The zero-order valence-corrected chi connectivity index (χ0v) is 7.94. The standard InChI is InChI=1S/C10H13NO3/c1-2-10(11-3-5-12-6-4-11)14-8(1)9-7-13-9/h1-2,9H,3-7H2. The Morgan fingerprint density at radius 1 is 1.21 bits per heavy atom. The summed E-state index contributed by atoms with van der Waals surface area (Å²) in [6.07, 6.45) is 0.213. The normalized spacial score (nSPS) is 26.6. The van der Waals surface area contributed by atoms with E-state index in [0.29, 0.717) is 0 Å². The Kier molecular flexibility index (Phi) is 1.96. The molecule has 2 saturated heterocycles. The number of epoxide rings is 1. The molecule has 2 fully saturated rings. The molecule has 2 aliphatic rings. The molecule has 0 spiro atoms. The maximum Gasteiger partial charge on any atom is 0.195 e. The smallest absolute Gasteiger partial charge is 0.195 e. The molecule has 1 aromatic heterocycles. The Hall–Kier alpha value is -1.00. The van der Waals surface area contributed by atoms with Crippen LogP contribution in [0.25, 0.3) is 0 Å². The Balaban J connectivity index is 1.74. The number of nitrogens with zero attached hydrogens (tertiary/aromatic N) is 1. The summed E-state index contributed by atoms with van der Waals surface area (Å²) in [5, 5.41) is 0. The fourth-order valence-electron chi connectivity index (χ4n) is 1.68. The van der Waals surface area contributed by atoms with E-state index >= 15 is 0 Å². The molecule has 0 aliphatic carbocycles. The first-order valence-corrected chi connectivity index (χ1v) is 4.97. The number of anilines is 1. The van der Waals surface area contributed by atoms with Gasteiger partial charge in [-0.05, 0) is 6.07 Å². The number of hydrogen-bond acceptors (Lipinski definition) is 4. The molecular weight excluding hydrogens is 182 g/mol. The SMILES string of the molecule is c1cc(N2CCOCC2)oc1C1CO1. The van der Waals surface area contributed by atoms with Crippen LogP contribution in [0.1, 0.15) is 11.9 Å². The first kappa shape index (κ1) is 8.32. The minimum absolute atomic E-state index is 0.213. The number of rotatable bonds is 2. The number of ether oxygens (including phenoxy) is 2. The van der Waals surface area contributed by atoms with Crippen molar-refractivity contribution in [3.8, 4) is 0 Å². The molecule has 3 heterocycles. The zero-order valence-electron chi connectivity index (χ0n) is 7.94. The minimum Gasteiger partial charge on any atom is -0.443 e. The van der Waals surface area contributed by atoms with Crippen LogP contribution in [0.2, 0.25) is 0 Å². The average Bonchev–Trinajstić information content (AvgIpc) is 2.98. The number of furan rings is 1. The molecule has 76 valence electrons. The molecule has 14 heavy (non-hydrogen) atoms. The second-order valence-electron chi connectivity index (χ2n) is 3.60. The van der Waals surface area contributed by atoms with E-state index < -0.39 is 0 Å². The second kappa shape index (κ2) is 3.29. The Labute approximate surface area is 82.4 Å². The van der Waals surface area contributed by atoms with E-state index in [4.69, 9.17) is 13.9 Å². The van der Waals surface area contributed by atoms with E-state index in [1.807, 2.05) is 12.1 Å². The van der Waals surface area contributed by atoms with E-state index in [1.165, 1.54) is 0 Å². The molecule has 0 saturated carbocycles. The fraction of sp³-hybridized carbons (Fsp3) is 0.600. The van der Waals surface area contributed by atoms with Crippen LogP contribution in [0.5, 0.6) is 0 Å². The van der Waals surface area contributed by atoms with E-state index in [2.05, 4.69) is 4.90 Å². The molecule has 3 rings (SSSR count). The van der Waals surface area contributed by atoms with Crippen LogP contribution < -0.4 is 4.90 Å². The lowest BCUT2D eigenvalue weighted by Gasteiger charge is -2.26. The van der Waals surface area contributed by atoms with Gasteiger partial charge in [0.1, 0.15) is 11.9 Å². The molecular formula is C10H13NO3.